The summed E-state index contributed by atoms with van der Waals surface area (Å²) in [6.45, 7) is 3.20. The first-order chi connectivity index (χ1) is 12.1. The fourth-order valence-electron chi connectivity index (χ4n) is 2.55. The van der Waals surface area contributed by atoms with E-state index >= 15 is 0 Å². The highest BCUT2D eigenvalue weighted by molar-refractivity contribution is 14.0. The Balaban J connectivity index is 0.00000338. The molecule has 1 aromatic rings. The zero-order chi connectivity index (χ0) is 18.1. The lowest BCUT2D eigenvalue weighted by Crippen LogP contribution is -2.48. The van der Waals surface area contributed by atoms with E-state index in [9.17, 15) is 8.78 Å². The summed E-state index contributed by atoms with van der Waals surface area (Å²) in [5, 5.41) is 6.38. The van der Waals surface area contributed by atoms with Gasteiger partial charge < -0.3 is 25.0 Å². The predicted octanol–water partition coefficient (Wildman–Crippen LogP) is 2.29. The van der Waals surface area contributed by atoms with Gasteiger partial charge in [-0.25, -0.2) is 4.99 Å². The largest absolute Gasteiger partial charge is 0.434 e. The molecular formula is C17H27F2IN4O2. The van der Waals surface area contributed by atoms with Gasteiger partial charge in [0.2, 0.25) is 0 Å². The molecule has 26 heavy (non-hydrogen) atoms. The van der Waals surface area contributed by atoms with Crippen LogP contribution in [-0.4, -0.2) is 63.4 Å². The molecule has 0 amide bonds. The SMILES string of the molecule is CCNC(=NCc1ccccc1OC(F)F)NCC1CN(C)CCO1.I. The summed E-state index contributed by atoms with van der Waals surface area (Å²) in [5.41, 5.74) is 0.605. The molecule has 148 valence electrons. The number of aliphatic imine (C=N–C) groups is 1. The van der Waals surface area contributed by atoms with Gasteiger partial charge in [-0.2, -0.15) is 8.78 Å². The molecule has 1 atom stereocenters. The summed E-state index contributed by atoms with van der Waals surface area (Å²) in [5.74, 6) is 0.764. The number of guanidine groups is 1. The fourth-order valence-corrected chi connectivity index (χ4v) is 2.55. The molecule has 1 aromatic carbocycles. The molecule has 0 bridgehead atoms. The van der Waals surface area contributed by atoms with E-state index in [1.807, 2.05) is 6.92 Å². The van der Waals surface area contributed by atoms with Crippen LogP contribution in [0.3, 0.4) is 0 Å². The molecule has 1 saturated heterocycles. The van der Waals surface area contributed by atoms with E-state index < -0.39 is 6.61 Å². The number of benzene rings is 1. The van der Waals surface area contributed by atoms with Crippen molar-refractivity contribution < 1.29 is 18.3 Å². The van der Waals surface area contributed by atoms with E-state index in [2.05, 4.69) is 32.3 Å². The normalized spacial score (nSPS) is 18.3. The molecular weight excluding hydrogens is 457 g/mol. The topological polar surface area (TPSA) is 58.1 Å². The molecule has 1 unspecified atom stereocenters. The van der Waals surface area contributed by atoms with Gasteiger partial charge in [0.25, 0.3) is 0 Å². The average Bonchev–Trinajstić information content (AvgIpc) is 2.58. The third kappa shape index (κ3) is 8.00. The number of halogens is 3. The third-order valence-corrected chi connectivity index (χ3v) is 3.78. The Bertz CT molecular complexity index is 563. The maximum absolute atomic E-state index is 12.5. The van der Waals surface area contributed by atoms with Crippen molar-refractivity contribution in [3.8, 4) is 5.75 Å². The number of nitrogens with zero attached hydrogens (tertiary/aromatic N) is 2. The molecule has 2 N–H and O–H groups in total. The standard InChI is InChI=1S/C17H26F2N4O2.HI/c1-3-20-17(22-11-14-12-23(2)8-9-24-14)21-10-13-6-4-5-7-15(13)25-16(18)19;/h4-7,14,16H,3,8-12H2,1-2H3,(H2,20,21,22);1H. The summed E-state index contributed by atoms with van der Waals surface area (Å²) in [7, 11) is 2.06. The minimum Gasteiger partial charge on any atom is -0.434 e. The van der Waals surface area contributed by atoms with Crippen LogP contribution in [0.2, 0.25) is 0 Å². The molecule has 0 spiro atoms. The third-order valence-electron chi connectivity index (χ3n) is 3.78. The van der Waals surface area contributed by atoms with Gasteiger partial charge in [-0.15, -0.1) is 24.0 Å². The van der Waals surface area contributed by atoms with Gasteiger partial charge in [-0.05, 0) is 20.0 Å². The molecule has 1 heterocycles. The summed E-state index contributed by atoms with van der Waals surface area (Å²) < 4.78 is 35.2. The van der Waals surface area contributed by atoms with Crippen molar-refractivity contribution in [1.82, 2.24) is 15.5 Å². The second-order valence-corrected chi connectivity index (χ2v) is 5.82. The second kappa shape index (κ2) is 12.2. The Kier molecular flexibility index (Phi) is 10.7. The van der Waals surface area contributed by atoms with Gasteiger partial charge in [0.1, 0.15) is 5.75 Å². The van der Waals surface area contributed by atoms with Crippen molar-refractivity contribution in [2.24, 2.45) is 4.99 Å². The van der Waals surface area contributed by atoms with E-state index in [4.69, 9.17) is 4.74 Å². The lowest BCUT2D eigenvalue weighted by atomic mass is 10.2. The molecule has 2 rings (SSSR count). The first-order valence-electron chi connectivity index (χ1n) is 8.43. The molecule has 1 aliphatic rings. The first kappa shape index (κ1) is 22.8. The highest BCUT2D eigenvalue weighted by Gasteiger charge is 2.17. The van der Waals surface area contributed by atoms with Crippen molar-refractivity contribution in [3.63, 3.8) is 0 Å². The smallest absolute Gasteiger partial charge is 0.387 e. The average molecular weight is 484 g/mol. The second-order valence-electron chi connectivity index (χ2n) is 5.82. The van der Waals surface area contributed by atoms with Gasteiger partial charge in [0.05, 0.1) is 19.3 Å². The number of alkyl halides is 2. The van der Waals surface area contributed by atoms with E-state index in [0.717, 1.165) is 19.7 Å². The number of hydrogen-bond acceptors (Lipinski definition) is 4. The van der Waals surface area contributed by atoms with E-state index in [0.29, 0.717) is 24.6 Å². The van der Waals surface area contributed by atoms with Crippen LogP contribution in [0, 0.1) is 0 Å². The monoisotopic (exact) mass is 484 g/mol. The van der Waals surface area contributed by atoms with Crippen molar-refractivity contribution in [2.45, 2.75) is 26.2 Å². The van der Waals surface area contributed by atoms with E-state index in [1.54, 1.807) is 18.2 Å². The molecule has 9 heteroatoms. The van der Waals surface area contributed by atoms with Gasteiger partial charge >= 0.3 is 6.61 Å². The molecule has 0 radical (unpaired) electrons. The van der Waals surface area contributed by atoms with Crippen LogP contribution in [0.1, 0.15) is 12.5 Å². The maximum Gasteiger partial charge on any atom is 0.387 e. The molecule has 0 aliphatic carbocycles. The molecule has 1 aliphatic heterocycles. The molecule has 0 aromatic heterocycles. The Hall–Kier alpha value is -1.20. The Morgan fingerprint density at radius 3 is 2.85 bits per heavy atom. The summed E-state index contributed by atoms with van der Waals surface area (Å²) in [6.07, 6.45) is 0.0945. The summed E-state index contributed by atoms with van der Waals surface area (Å²) >= 11 is 0. The minimum atomic E-state index is -2.85. The van der Waals surface area contributed by atoms with Crippen LogP contribution in [0.4, 0.5) is 8.78 Å². The maximum atomic E-state index is 12.5. The van der Waals surface area contributed by atoms with Crippen LogP contribution in [-0.2, 0) is 11.3 Å². The van der Waals surface area contributed by atoms with Crippen LogP contribution in [0.15, 0.2) is 29.3 Å². The number of morpholine rings is 1. The summed E-state index contributed by atoms with van der Waals surface area (Å²) in [6, 6.07) is 6.67. The number of ether oxygens (including phenoxy) is 2. The van der Waals surface area contributed by atoms with Crippen molar-refractivity contribution in [3.05, 3.63) is 29.8 Å². The van der Waals surface area contributed by atoms with Crippen molar-refractivity contribution in [2.75, 3.05) is 39.8 Å². The Morgan fingerprint density at radius 2 is 2.15 bits per heavy atom. The van der Waals surface area contributed by atoms with Crippen molar-refractivity contribution >= 4 is 29.9 Å². The highest BCUT2D eigenvalue weighted by atomic mass is 127. The van der Waals surface area contributed by atoms with Crippen LogP contribution >= 0.6 is 24.0 Å². The Labute approximate surface area is 170 Å². The molecule has 0 saturated carbocycles. The Morgan fingerprint density at radius 1 is 1.38 bits per heavy atom. The van der Waals surface area contributed by atoms with E-state index in [1.165, 1.54) is 6.07 Å². The number of nitrogens with one attached hydrogen (secondary N) is 2. The highest BCUT2D eigenvalue weighted by Crippen LogP contribution is 2.20. The van der Waals surface area contributed by atoms with Gasteiger partial charge in [0, 0.05) is 31.7 Å². The lowest BCUT2D eigenvalue weighted by molar-refractivity contribution is -0.0504. The molecule has 1 fully saturated rings. The van der Waals surface area contributed by atoms with Crippen LogP contribution in [0.25, 0.3) is 0 Å². The van der Waals surface area contributed by atoms with Crippen molar-refractivity contribution in [1.29, 1.82) is 0 Å². The number of hydrogen-bond donors (Lipinski definition) is 2. The van der Waals surface area contributed by atoms with Gasteiger partial charge in [-0.1, -0.05) is 18.2 Å². The lowest BCUT2D eigenvalue weighted by Gasteiger charge is -2.30. The van der Waals surface area contributed by atoms with Crippen LogP contribution in [0.5, 0.6) is 5.75 Å². The number of rotatable bonds is 7. The fraction of sp³-hybridized carbons (Fsp3) is 0.588. The number of para-hydroxylation sites is 1. The molecule has 6 nitrogen and oxygen atoms in total. The predicted molar refractivity (Wildman–Crippen MR) is 109 cm³/mol. The number of likely N-dealkylation sites (N-methyl/N-ethyl adjacent to an activating group) is 1. The minimum absolute atomic E-state index is 0. The van der Waals surface area contributed by atoms with Crippen LogP contribution < -0.4 is 15.4 Å². The van der Waals surface area contributed by atoms with E-state index in [-0.39, 0.29) is 42.4 Å². The van der Waals surface area contributed by atoms with Gasteiger partial charge in [-0.3, -0.25) is 0 Å². The zero-order valence-electron chi connectivity index (χ0n) is 15.1. The van der Waals surface area contributed by atoms with Gasteiger partial charge in [0.15, 0.2) is 5.96 Å². The quantitative estimate of drug-likeness (QED) is 0.354. The summed E-state index contributed by atoms with van der Waals surface area (Å²) in [4.78, 5) is 6.68. The first-order valence-corrected chi connectivity index (χ1v) is 8.43. The zero-order valence-corrected chi connectivity index (χ0v) is 17.4.